The summed E-state index contributed by atoms with van der Waals surface area (Å²) in [6.07, 6.45) is 8.28. The Labute approximate surface area is 178 Å². The summed E-state index contributed by atoms with van der Waals surface area (Å²) < 4.78 is 0. The van der Waals surface area contributed by atoms with E-state index in [0.717, 1.165) is 36.7 Å². The largest absolute Gasteiger partial charge is 0.311 e. The van der Waals surface area contributed by atoms with Gasteiger partial charge in [0, 0.05) is 34.2 Å². The normalized spacial score (nSPS) is 19.3. The molecule has 0 aliphatic carbocycles. The van der Waals surface area contributed by atoms with Gasteiger partial charge in [-0.3, -0.25) is 9.97 Å². The first kappa shape index (κ1) is 19.2. The third kappa shape index (κ3) is 4.52. The molecule has 2 aromatic carbocycles. The van der Waals surface area contributed by atoms with Crippen LogP contribution in [0.1, 0.15) is 43.5 Å². The van der Waals surface area contributed by atoms with E-state index in [-0.39, 0.29) is 0 Å². The van der Waals surface area contributed by atoms with Crippen LogP contribution in [0.2, 0.25) is 0 Å². The minimum atomic E-state index is 0.599. The van der Waals surface area contributed by atoms with Crippen molar-refractivity contribution in [3.63, 3.8) is 0 Å². The van der Waals surface area contributed by atoms with Gasteiger partial charge in [0.15, 0.2) is 0 Å². The third-order valence-corrected chi connectivity index (χ3v) is 6.39. The lowest BCUT2D eigenvalue weighted by Crippen LogP contribution is -2.42. The standard InChI is InChI=1S/C27H29N3/c1-3-10-26-20(6-1)12-14-24(29-26)18-16-22-8-5-9-23(28-22)17-19-25-15-13-21-7-2-4-11-27(21)30-25/h1-4,6-7,10-15,22-23,28H,5,8-9,16-19H2/t22-,23+. The second-order valence-corrected chi connectivity index (χ2v) is 8.56. The minimum Gasteiger partial charge on any atom is -0.311 e. The zero-order chi connectivity index (χ0) is 20.2. The number of pyridine rings is 2. The fourth-order valence-corrected chi connectivity index (χ4v) is 4.71. The number of aryl methyl sites for hydroxylation is 2. The molecule has 0 saturated carbocycles. The van der Waals surface area contributed by atoms with E-state index >= 15 is 0 Å². The Kier molecular flexibility index (Phi) is 5.71. The minimum absolute atomic E-state index is 0.599. The molecule has 0 radical (unpaired) electrons. The van der Waals surface area contributed by atoms with Crippen molar-refractivity contribution in [2.75, 3.05) is 0 Å². The molecule has 3 nitrogen and oxygen atoms in total. The topological polar surface area (TPSA) is 37.8 Å². The van der Waals surface area contributed by atoms with E-state index in [1.165, 1.54) is 41.4 Å². The van der Waals surface area contributed by atoms with Crippen molar-refractivity contribution >= 4 is 21.8 Å². The quantitative estimate of drug-likeness (QED) is 0.444. The van der Waals surface area contributed by atoms with Gasteiger partial charge < -0.3 is 5.32 Å². The van der Waals surface area contributed by atoms with Crippen LogP contribution in [0.5, 0.6) is 0 Å². The van der Waals surface area contributed by atoms with Crippen molar-refractivity contribution in [2.45, 2.75) is 57.0 Å². The number of benzene rings is 2. The number of hydrogen-bond acceptors (Lipinski definition) is 3. The average molecular weight is 396 g/mol. The molecular formula is C27H29N3. The first-order valence-electron chi connectivity index (χ1n) is 11.3. The Morgan fingerprint density at radius 2 is 1.13 bits per heavy atom. The van der Waals surface area contributed by atoms with Gasteiger partial charge in [-0.25, -0.2) is 0 Å². The van der Waals surface area contributed by atoms with Gasteiger partial charge in [-0.2, -0.15) is 0 Å². The molecule has 2 aromatic heterocycles. The van der Waals surface area contributed by atoms with Crippen molar-refractivity contribution in [3.05, 3.63) is 84.2 Å². The first-order chi connectivity index (χ1) is 14.8. The van der Waals surface area contributed by atoms with Crippen LogP contribution in [0.4, 0.5) is 0 Å². The molecule has 3 heterocycles. The summed E-state index contributed by atoms with van der Waals surface area (Å²) in [7, 11) is 0. The molecule has 5 rings (SSSR count). The Bertz CT molecular complexity index is 1050. The summed E-state index contributed by atoms with van der Waals surface area (Å²) in [5.74, 6) is 0. The van der Waals surface area contributed by atoms with Gasteiger partial charge in [-0.1, -0.05) is 55.0 Å². The Hall–Kier alpha value is -2.78. The highest BCUT2D eigenvalue weighted by Gasteiger charge is 2.21. The van der Waals surface area contributed by atoms with E-state index in [1.807, 2.05) is 0 Å². The van der Waals surface area contributed by atoms with Crippen molar-refractivity contribution in [1.82, 2.24) is 15.3 Å². The molecular weight excluding hydrogens is 366 g/mol. The van der Waals surface area contributed by atoms with Crippen LogP contribution in [-0.2, 0) is 12.8 Å². The lowest BCUT2D eigenvalue weighted by Gasteiger charge is -2.31. The maximum absolute atomic E-state index is 4.84. The van der Waals surface area contributed by atoms with E-state index in [0.29, 0.717) is 12.1 Å². The van der Waals surface area contributed by atoms with Gasteiger partial charge in [0.1, 0.15) is 0 Å². The molecule has 2 atom stereocenters. The highest BCUT2D eigenvalue weighted by Crippen LogP contribution is 2.21. The number of rotatable bonds is 6. The van der Waals surface area contributed by atoms with Crippen LogP contribution < -0.4 is 5.32 Å². The monoisotopic (exact) mass is 395 g/mol. The maximum Gasteiger partial charge on any atom is 0.0705 e. The SMILES string of the molecule is c1ccc2nc(CC[C@H]3CCC[C@@H](CCc4ccc5ccccc5n4)N3)ccc2c1. The lowest BCUT2D eigenvalue weighted by atomic mass is 9.92. The maximum atomic E-state index is 4.84. The molecule has 30 heavy (non-hydrogen) atoms. The van der Waals surface area contributed by atoms with E-state index in [4.69, 9.17) is 9.97 Å². The van der Waals surface area contributed by atoms with Gasteiger partial charge in [0.25, 0.3) is 0 Å². The van der Waals surface area contributed by atoms with Crippen LogP contribution in [0.25, 0.3) is 21.8 Å². The van der Waals surface area contributed by atoms with Gasteiger partial charge in [0.05, 0.1) is 11.0 Å². The number of piperidine rings is 1. The smallest absolute Gasteiger partial charge is 0.0705 e. The van der Waals surface area contributed by atoms with Gasteiger partial charge in [-0.15, -0.1) is 0 Å². The summed E-state index contributed by atoms with van der Waals surface area (Å²) in [5, 5.41) is 6.36. The highest BCUT2D eigenvalue weighted by molar-refractivity contribution is 5.79. The Balaban J connectivity index is 1.15. The van der Waals surface area contributed by atoms with E-state index in [9.17, 15) is 0 Å². The third-order valence-electron chi connectivity index (χ3n) is 6.39. The predicted octanol–water partition coefficient (Wildman–Crippen LogP) is 5.86. The number of fused-ring (bicyclic) bond motifs is 2. The molecule has 1 aliphatic heterocycles. The number of hydrogen-bond donors (Lipinski definition) is 1. The van der Waals surface area contributed by atoms with Gasteiger partial charge in [-0.05, 0) is 62.8 Å². The van der Waals surface area contributed by atoms with Crippen LogP contribution in [0.15, 0.2) is 72.8 Å². The van der Waals surface area contributed by atoms with Gasteiger partial charge >= 0.3 is 0 Å². The van der Waals surface area contributed by atoms with Crippen LogP contribution >= 0.6 is 0 Å². The second-order valence-electron chi connectivity index (χ2n) is 8.56. The summed E-state index contributed by atoms with van der Waals surface area (Å²) in [6.45, 7) is 0. The van der Waals surface area contributed by atoms with E-state index in [2.05, 4.69) is 78.1 Å². The number of aromatic nitrogens is 2. The second kappa shape index (κ2) is 8.93. The van der Waals surface area contributed by atoms with Gasteiger partial charge in [0.2, 0.25) is 0 Å². The molecule has 1 fully saturated rings. The number of para-hydroxylation sites is 2. The molecule has 0 unspecified atom stereocenters. The first-order valence-corrected chi connectivity index (χ1v) is 11.3. The van der Waals surface area contributed by atoms with Crippen molar-refractivity contribution in [1.29, 1.82) is 0 Å². The summed E-state index contributed by atoms with van der Waals surface area (Å²) >= 11 is 0. The molecule has 152 valence electrons. The molecule has 1 N–H and O–H groups in total. The molecule has 3 heteroatoms. The van der Waals surface area contributed by atoms with Crippen molar-refractivity contribution in [3.8, 4) is 0 Å². The lowest BCUT2D eigenvalue weighted by molar-refractivity contribution is 0.296. The fourth-order valence-electron chi connectivity index (χ4n) is 4.71. The summed E-state index contributed by atoms with van der Waals surface area (Å²) in [4.78, 5) is 9.69. The molecule has 0 spiro atoms. The van der Waals surface area contributed by atoms with E-state index < -0.39 is 0 Å². The summed E-state index contributed by atoms with van der Waals surface area (Å²) in [6, 6.07) is 26.7. The van der Waals surface area contributed by atoms with Crippen LogP contribution in [0.3, 0.4) is 0 Å². The highest BCUT2D eigenvalue weighted by atomic mass is 15.0. The fraction of sp³-hybridized carbons (Fsp3) is 0.333. The van der Waals surface area contributed by atoms with Crippen molar-refractivity contribution in [2.24, 2.45) is 0 Å². The van der Waals surface area contributed by atoms with Crippen molar-refractivity contribution < 1.29 is 0 Å². The molecule has 1 saturated heterocycles. The van der Waals surface area contributed by atoms with E-state index in [1.54, 1.807) is 0 Å². The molecule has 0 amide bonds. The Morgan fingerprint density at radius 1 is 0.633 bits per heavy atom. The number of nitrogens with one attached hydrogen (secondary N) is 1. The zero-order valence-corrected chi connectivity index (χ0v) is 17.4. The average Bonchev–Trinajstić information content (AvgIpc) is 2.81. The zero-order valence-electron chi connectivity index (χ0n) is 17.4. The Morgan fingerprint density at radius 3 is 1.67 bits per heavy atom. The van der Waals surface area contributed by atoms with Crippen LogP contribution in [0, 0.1) is 0 Å². The molecule has 1 aliphatic rings. The van der Waals surface area contributed by atoms with Crippen LogP contribution in [-0.4, -0.2) is 22.1 Å². The summed E-state index contributed by atoms with van der Waals surface area (Å²) in [5.41, 5.74) is 4.62. The molecule has 0 bridgehead atoms. The number of nitrogens with zero attached hydrogens (tertiary/aromatic N) is 2. The molecule has 4 aromatic rings. The predicted molar refractivity (Wildman–Crippen MR) is 125 cm³/mol.